The number of nitrogens with one attached hydrogen (secondary N) is 1. The Morgan fingerprint density at radius 3 is 2.88 bits per heavy atom. The summed E-state index contributed by atoms with van der Waals surface area (Å²) in [6, 6.07) is 5.06. The minimum absolute atomic E-state index is 0.230. The molecule has 3 nitrogen and oxygen atoms in total. The summed E-state index contributed by atoms with van der Waals surface area (Å²) in [7, 11) is 0. The van der Waals surface area contributed by atoms with Crippen LogP contribution in [-0.2, 0) is 0 Å². The number of carbonyl (C=O) groups is 1. The van der Waals surface area contributed by atoms with Gasteiger partial charge >= 0.3 is 0 Å². The van der Waals surface area contributed by atoms with Gasteiger partial charge in [0.2, 0.25) is 0 Å². The molecule has 0 aliphatic carbocycles. The molecule has 1 amide bonds. The standard InChI is InChI=1S/C10H6Cl2N2OS/c11-6-4-7(12)9(13-5-6)14-10(15)8-2-1-3-16-8/h1-5H,(H,13,14,15). The van der Waals surface area contributed by atoms with Crippen LogP contribution >= 0.6 is 34.5 Å². The second kappa shape index (κ2) is 4.82. The van der Waals surface area contributed by atoms with Gasteiger partial charge in [-0.2, -0.15) is 0 Å². The summed E-state index contributed by atoms with van der Waals surface area (Å²) in [4.78, 5) is 16.2. The van der Waals surface area contributed by atoms with E-state index in [1.807, 2.05) is 5.38 Å². The number of halogens is 2. The Labute approximate surface area is 106 Å². The summed E-state index contributed by atoms with van der Waals surface area (Å²) in [5, 5.41) is 5.18. The van der Waals surface area contributed by atoms with Gasteiger partial charge in [0.25, 0.3) is 5.91 Å². The van der Waals surface area contributed by atoms with Gasteiger partial charge in [0, 0.05) is 6.20 Å². The van der Waals surface area contributed by atoms with Crippen LogP contribution in [0.1, 0.15) is 9.67 Å². The Morgan fingerprint density at radius 1 is 1.44 bits per heavy atom. The molecule has 0 saturated carbocycles. The van der Waals surface area contributed by atoms with E-state index in [1.54, 1.807) is 12.1 Å². The SMILES string of the molecule is O=C(Nc1ncc(Cl)cc1Cl)c1cccs1. The maximum Gasteiger partial charge on any atom is 0.266 e. The van der Waals surface area contributed by atoms with Crippen molar-refractivity contribution in [2.45, 2.75) is 0 Å². The quantitative estimate of drug-likeness (QED) is 0.906. The summed E-state index contributed by atoms with van der Waals surface area (Å²) in [6.07, 6.45) is 1.43. The van der Waals surface area contributed by atoms with Crippen molar-refractivity contribution in [3.63, 3.8) is 0 Å². The van der Waals surface area contributed by atoms with E-state index in [4.69, 9.17) is 23.2 Å². The van der Waals surface area contributed by atoms with Gasteiger partial charge in [-0.1, -0.05) is 29.3 Å². The van der Waals surface area contributed by atoms with Gasteiger partial charge in [0.05, 0.1) is 14.9 Å². The summed E-state index contributed by atoms with van der Waals surface area (Å²) < 4.78 is 0. The van der Waals surface area contributed by atoms with Gasteiger partial charge in [-0.3, -0.25) is 4.79 Å². The molecule has 0 fully saturated rings. The number of anilines is 1. The van der Waals surface area contributed by atoms with Gasteiger partial charge < -0.3 is 5.32 Å². The van der Waals surface area contributed by atoms with Crippen LogP contribution in [0.2, 0.25) is 10.0 Å². The molecular formula is C10H6Cl2N2OS. The van der Waals surface area contributed by atoms with Crippen LogP contribution in [-0.4, -0.2) is 10.9 Å². The second-order valence-corrected chi connectivity index (χ2v) is 4.71. The lowest BCUT2D eigenvalue weighted by molar-refractivity contribution is 0.103. The van der Waals surface area contributed by atoms with Gasteiger partial charge in [0.1, 0.15) is 0 Å². The van der Waals surface area contributed by atoms with E-state index in [1.165, 1.54) is 23.6 Å². The molecular weight excluding hydrogens is 267 g/mol. The molecule has 0 radical (unpaired) electrons. The highest BCUT2D eigenvalue weighted by atomic mass is 35.5. The molecule has 0 aromatic carbocycles. The van der Waals surface area contributed by atoms with Crippen molar-refractivity contribution >= 4 is 46.3 Å². The third-order valence-corrected chi connectivity index (χ3v) is 3.15. The number of nitrogens with zero attached hydrogens (tertiary/aromatic N) is 1. The predicted molar refractivity (Wildman–Crippen MR) is 66.5 cm³/mol. The predicted octanol–water partition coefficient (Wildman–Crippen LogP) is 3.70. The smallest absolute Gasteiger partial charge is 0.266 e. The van der Waals surface area contributed by atoms with Crippen molar-refractivity contribution in [1.82, 2.24) is 4.98 Å². The van der Waals surface area contributed by atoms with Crippen LogP contribution in [0.15, 0.2) is 29.8 Å². The van der Waals surface area contributed by atoms with Gasteiger partial charge in [-0.25, -0.2) is 4.98 Å². The normalized spacial score (nSPS) is 10.1. The van der Waals surface area contributed by atoms with Crippen molar-refractivity contribution in [3.05, 3.63) is 44.7 Å². The van der Waals surface area contributed by atoms with Crippen molar-refractivity contribution in [2.24, 2.45) is 0 Å². The summed E-state index contributed by atoms with van der Waals surface area (Å²) in [5.74, 6) is 0.0798. The zero-order chi connectivity index (χ0) is 11.5. The first-order valence-corrected chi connectivity index (χ1v) is 5.96. The number of hydrogen-bond donors (Lipinski definition) is 1. The highest BCUT2D eigenvalue weighted by Gasteiger charge is 2.10. The maximum atomic E-state index is 11.7. The van der Waals surface area contributed by atoms with E-state index in [9.17, 15) is 4.79 Å². The molecule has 2 aromatic heterocycles. The van der Waals surface area contributed by atoms with E-state index < -0.39 is 0 Å². The lowest BCUT2D eigenvalue weighted by Crippen LogP contribution is -2.11. The van der Waals surface area contributed by atoms with Crippen LogP contribution in [0.4, 0.5) is 5.82 Å². The number of aromatic nitrogens is 1. The first-order valence-electron chi connectivity index (χ1n) is 4.33. The molecule has 0 aliphatic rings. The minimum atomic E-state index is -0.230. The third-order valence-electron chi connectivity index (χ3n) is 1.78. The summed E-state index contributed by atoms with van der Waals surface area (Å²) in [6.45, 7) is 0. The fraction of sp³-hybridized carbons (Fsp3) is 0. The molecule has 0 atom stereocenters. The Hall–Kier alpha value is -1.10. The number of hydrogen-bond acceptors (Lipinski definition) is 3. The molecule has 2 rings (SSSR count). The maximum absolute atomic E-state index is 11.7. The lowest BCUT2D eigenvalue weighted by Gasteiger charge is -2.04. The summed E-state index contributed by atoms with van der Waals surface area (Å²) in [5.41, 5.74) is 0. The highest BCUT2D eigenvalue weighted by molar-refractivity contribution is 7.12. The Balaban J connectivity index is 2.18. The van der Waals surface area contributed by atoms with E-state index in [0.717, 1.165) is 0 Å². The minimum Gasteiger partial charge on any atom is -0.305 e. The monoisotopic (exact) mass is 272 g/mol. The molecule has 0 bridgehead atoms. The van der Waals surface area contributed by atoms with Gasteiger partial charge in [-0.15, -0.1) is 11.3 Å². The lowest BCUT2D eigenvalue weighted by atomic mass is 10.4. The number of pyridine rings is 1. The number of amides is 1. The van der Waals surface area contributed by atoms with Crippen molar-refractivity contribution < 1.29 is 4.79 Å². The first-order chi connectivity index (χ1) is 7.66. The van der Waals surface area contributed by atoms with E-state index in [0.29, 0.717) is 20.7 Å². The summed E-state index contributed by atoms with van der Waals surface area (Å²) >= 11 is 12.9. The topological polar surface area (TPSA) is 42.0 Å². The van der Waals surface area contributed by atoms with Crippen LogP contribution in [0.25, 0.3) is 0 Å². The molecule has 6 heteroatoms. The van der Waals surface area contributed by atoms with Gasteiger partial charge in [0.15, 0.2) is 5.82 Å². The average molecular weight is 273 g/mol. The van der Waals surface area contributed by atoms with E-state index >= 15 is 0 Å². The molecule has 2 aromatic rings. The third kappa shape index (κ3) is 2.52. The van der Waals surface area contributed by atoms with Crippen molar-refractivity contribution in [1.29, 1.82) is 0 Å². The van der Waals surface area contributed by atoms with E-state index in [2.05, 4.69) is 10.3 Å². The highest BCUT2D eigenvalue weighted by Crippen LogP contribution is 2.23. The molecule has 0 spiro atoms. The largest absolute Gasteiger partial charge is 0.305 e. The second-order valence-electron chi connectivity index (χ2n) is 2.92. The fourth-order valence-electron chi connectivity index (χ4n) is 1.08. The zero-order valence-corrected chi connectivity index (χ0v) is 10.2. The Morgan fingerprint density at radius 2 is 2.25 bits per heavy atom. The van der Waals surface area contributed by atoms with Crippen LogP contribution < -0.4 is 5.32 Å². The Bertz CT molecular complexity index is 514. The van der Waals surface area contributed by atoms with Crippen molar-refractivity contribution in [3.8, 4) is 0 Å². The Kier molecular flexibility index (Phi) is 3.43. The number of rotatable bonds is 2. The molecule has 16 heavy (non-hydrogen) atoms. The van der Waals surface area contributed by atoms with E-state index in [-0.39, 0.29) is 5.91 Å². The first kappa shape index (κ1) is 11.4. The van der Waals surface area contributed by atoms with Gasteiger partial charge in [-0.05, 0) is 17.5 Å². The average Bonchev–Trinajstić information content (AvgIpc) is 2.75. The number of carbonyl (C=O) groups excluding carboxylic acids is 1. The molecule has 82 valence electrons. The molecule has 0 saturated heterocycles. The molecule has 0 aliphatic heterocycles. The number of thiophene rings is 1. The zero-order valence-electron chi connectivity index (χ0n) is 7.91. The van der Waals surface area contributed by atoms with Crippen LogP contribution in [0.5, 0.6) is 0 Å². The van der Waals surface area contributed by atoms with Crippen LogP contribution in [0, 0.1) is 0 Å². The van der Waals surface area contributed by atoms with Crippen molar-refractivity contribution in [2.75, 3.05) is 5.32 Å². The fourth-order valence-corrected chi connectivity index (χ4v) is 2.13. The molecule has 0 unspecified atom stereocenters. The molecule has 1 N–H and O–H groups in total. The van der Waals surface area contributed by atoms with Crippen LogP contribution in [0.3, 0.4) is 0 Å². The molecule has 2 heterocycles.